The second-order valence-electron chi connectivity index (χ2n) is 4.21. The molecule has 1 heterocycles. The summed E-state index contributed by atoms with van der Waals surface area (Å²) >= 11 is 0. The van der Waals surface area contributed by atoms with Crippen LogP contribution in [0.2, 0.25) is 0 Å². The first-order valence-electron chi connectivity index (χ1n) is 6.07. The number of ether oxygens (including phenoxy) is 2. The first kappa shape index (κ1) is 12.9. The van der Waals surface area contributed by atoms with Gasteiger partial charge in [-0.1, -0.05) is 0 Å². The maximum Gasteiger partial charge on any atom is 0.238 e. The van der Waals surface area contributed by atoms with E-state index in [1.807, 2.05) is 24.3 Å². The summed E-state index contributed by atoms with van der Waals surface area (Å²) in [6, 6.07) is 7.37. The van der Waals surface area contributed by atoms with Crippen molar-refractivity contribution in [3.63, 3.8) is 0 Å². The average Bonchev–Trinajstić information content (AvgIpc) is 2.85. The number of amides is 1. The van der Waals surface area contributed by atoms with E-state index in [4.69, 9.17) is 9.47 Å². The third kappa shape index (κ3) is 3.72. The van der Waals surface area contributed by atoms with Crippen molar-refractivity contribution in [1.82, 2.24) is 5.32 Å². The van der Waals surface area contributed by atoms with Crippen LogP contribution in [-0.4, -0.2) is 38.8 Å². The van der Waals surface area contributed by atoms with Crippen LogP contribution in [0.3, 0.4) is 0 Å². The highest BCUT2D eigenvalue weighted by Crippen LogP contribution is 2.19. The van der Waals surface area contributed by atoms with Crippen LogP contribution in [0.5, 0.6) is 5.75 Å². The fourth-order valence-corrected chi connectivity index (χ4v) is 1.78. The Bertz CT molecular complexity index is 386. The van der Waals surface area contributed by atoms with Crippen LogP contribution in [0, 0.1) is 0 Å². The van der Waals surface area contributed by atoms with Crippen molar-refractivity contribution in [3.05, 3.63) is 24.3 Å². The van der Waals surface area contributed by atoms with Gasteiger partial charge in [-0.3, -0.25) is 4.79 Å². The first-order valence-corrected chi connectivity index (χ1v) is 6.07. The number of carbonyl (C=O) groups is 1. The third-order valence-electron chi connectivity index (χ3n) is 2.67. The molecule has 1 atom stereocenters. The van der Waals surface area contributed by atoms with E-state index in [9.17, 15) is 4.79 Å². The number of likely N-dealkylation sites (N-methyl/N-ethyl adjacent to an activating group) is 1. The molecule has 5 heteroatoms. The van der Waals surface area contributed by atoms with E-state index in [1.165, 1.54) is 0 Å². The molecule has 0 aliphatic carbocycles. The molecule has 1 aromatic carbocycles. The van der Waals surface area contributed by atoms with Gasteiger partial charge in [0.25, 0.3) is 0 Å². The molecular formula is C13H18N2O3. The summed E-state index contributed by atoms with van der Waals surface area (Å²) in [6.45, 7) is 1.72. The van der Waals surface area contributed by atoms with Crippen molar-refractivity contribution < 1.29 is 14.3 Å². The lowest BCUT2D eigenvalue weighted by atomic mass is 10.2. The highest BCUT2D eigenvalue weighted by molar-refractivity contribution is 5.92. The van der Waals surface area contributed by atoms with Gasteiger partial charge in [0.15, 0.2) is 0 Å². The average molecular weight is 250 g/mol. The normalized spacial score (nSPS) is 18.6. The zero-order chi connectivity index (χ0) is 12.8. The summed E-state index contributed by atoms with van der Waals surface area (Å²) in [7, 11) is 1.74. The maximum absolute atomic E-state index is 11.4. The molecule has 0 bridgehead atoms. The Balaban J connectivity index is 1.86. The highest BCUT2D eigenvalue weighted by Gasteiger charge is 2.16. The predicted molar refractivity (Wildman–Crippen MR) is 68.9 cm³/mol. The molecule has 1 unspecified atom stereocenters. The highest BCUT2D eigenvalue weighted by atomic mass is 16.5. The summed E-state index contributed by atoms with van der Waals surface area (Å²) in [5.41, 5.74) is 0.769. The molecule has 5 nitrogen and oxygen atoms in total. The lowest BCUT2D eigenvalue weighted by Gasteiger charge is -2.12. The number of carbonyl (C=O) groups excluding carboxylic acids is 1. The molecule has 2 N–H and O–H groups in total. The van der Waals surface area contributed by atoms with E-state index in [0.29, 0.717) is 13.2 Å². The Morgan fingerprint density at radius 3 is 2.83 bits per heavy atom. The third-order valence-corrected chi connectivity index (χ3v) is 2.67. The van der Waals surface area contributed by atoms with Crippen molar-refractivity contribution in [2.45, 2.75) is 12.5 Å². The van der Waals surface area contributed by atoms with Gasteiger partial charge in [0.05, 0.1) is 19.8 Å². The molecule has 1 fully saturated rings. The Morgan fingerprint density at radius 2 is 2.22 bits per heavy atom. The molecule has 98 valence electrons. The Morgan fingerprint density at radius 1 is 1.44 bits per heavy atom. The number of hydrogen-bond donors (Lipinski definition) is 2. The number of rotatable bonds is 5. The van der Waals surface area contributed by atoms with Gasteiger partial charge in [0, 0.05) is 12.1 Å². The predicted octanol–water partition coefficient (Wildman–Crippen LogP) is 1.01. The van der Waals surface area contributed by atoms with Crippen LogP contribution in [0.25, 0.3) is 0 Å². The van der Waals surface area contributed by atoms with Gasteiger partial charge >= 0.3 is 0 Å². The number of nitrogens with one attached hydrogen (secondary N) is 2. The molecule has 1 aromatic rings. The Labute approximate surface area is 106 Å². The number of anilines is 1. The minimum Gasteiger partial charge on any atom is -0.488 e. The lowest BCUT2D eigenvalue weighted by molar-refractivity contribution is -0.115. The molecule has 1 saturated heterocycles. The van der Waals surface area contributed by atoms with E-state index in [-0.39, 0.29) is 12.0 Å². The standard InChI is InChI=1S/C13H18N2O3/c1-14-8-13(16)15-10-2-4-11(5-3-10)18-12-6-7-17-9-12/h2-5,12,14H,6-9H2,1H3,(H,15,16). The zero-order valence-corrected chi connectivity index (χ0v) is 10.4. The van der Waals surface area contributed by atoms with Gasteiger partial charge in [-0.15, -0.1) is 0 Å². The molecule has 0 radical (unpaired) electrons. The molecule has 1 aliphatic heterocycles. The van der Waals surface area contributed by atoms with E-state index in [2.05, 4.69) is 10.6 Å². The quantitative estimate of drug-likeness (QED) is 0.819. The fraction of sp³-hybridized carbons (Fsp3) is 0.462. The molecule has 18 heavy (non-hydrogen) atoms. The second kappa shape index (κ2) is 6.37. The van der Waals surface area contributed by atoms with Crippen molar-refractivity contribution >= 4 is 11.6 Å². The maximum atomic E-state index is 11.4. The molecular weight excluding hydrogens is 232 g/mol. The van der Waals surface area contributed by atoms with E-state index in [0.717, 1.165) is 24.5 Å². The van der Waals surface area contributed by atoms with Crippen molar-refractivity contribution in [2.24, 2.45) is 0 Å². The second-order valence-corrected chi connectivity index (χ2v) is 4.21. The summed E-state index contributed by atoms with van der Waals surface area (Å²) < 4.78 is 11.0. The molecule has 0 aromatic heterocycles. The minimum absolute atomic E-state index is 0.0599. The molecule has 2 rings (SSSR count). The first-order chi connectivity index (χ1) is 8.78. The smallest absolute Gasteiger partial charge is 0.238 e. The number of benzene rings is 1. The van der Waals surface area contributed by atoms with Crippen LogP contribution in [0.1, 0.15) is 6.42 Å². The topological polar surface area (TPSA) is 59.6 Å². The molecule has 1 aliphatic rings. The largest absolute Gasteiger partial charge is 0.488 e. The van der Waals surface area contributed by atoms with Crippen LogP contribution in [0.15, 0.2) is 24.3 Å². The van der Waals surface area contributed by atoms with Crippen molar-refractivity contribution in [1.29, 1.82) is 0 Å². The van der Waals surface area contributed by atoms with Gasteiger partial charge in [-0.05, 0) is 31.3 Å². The molecule has 1 amide bonds. The number of hydrogen-bond acceptors (Lipinski definition) is 4. The molecule has 0 saturated carbocycles. The van der Waals surface area contributed by atoms with Crippen LogP contribution in [-0.2, 0) is 9.53 Å². The summed E-state index contributed by atoms with van der Waals surface area (Å²) in [6.07, 6.45) is 1.08. The lowest BCUT2D eigenvalue weighted by Crippen LogP contribution is -2.25. The van der Waals surface area contributed by atoms with Gasteiger partial charge in [0.2, 0.25) is 5.91 Å². The van der Waals surface area contributed by atoms with E-state index < -0.39 is 0 Å². The van der Waals surface area contributed by atoms with E-state index >= 15 is 0 Å². The van der Waals surface area contributed by atoms with Crippen LogP contribution < -0.4 is 15.4 Å². The van der Waals surface area contributed by atoms with Crippen LogP contribution >= 0.6 is 0 Å². The summed E-state index contributed by atoms with van der Waals surface area (Å²) in [4.78, 5) is 11.4. The Kier molecular flexibility index (Phi) is 4.55. The fourth-order valence-electron chi connectivity index (χ4n) is 1.78. The van der Waals surface area contributed by atoms with Crippen molar-refractivity contribution in [3.8, 4) is 5.75 Å². The summed E-state index contributed by atoms with van der Waals surface area (Å²) in [5, 5.41) is 5.58. The SMILES string of the molecule is CNCC(=O)Nc1ccc(OC2CCOC2)cc1. The van der Waals surface area contributed by atoms with Gasteiger partial charge in [-0.2, -0.15) is 0 Å². The zero-order valence-electron chi connectivity index (χ0n) is 10.4. The Hall–Kier alpha value is -1.59. The van der Waals surface area contributed by atoms with Gasteiger partial charge in [0.1, 0.15) is 11.9 Å². The van der Waals surface area contributed by atoms with Crippen molar-refractivity contribution in [2.75, 3.05) is 32.1 Å². The minimum atomic E-state index is -0.0599. The van der Waals surface area contributed by atoms with Gasteiger partial charge < -0.3 is 20.1 Å². The van der Waals surface area contributed by atoms with E-state index in [1.54, 1.807) is 7.05 Å². The monoisotopic (exact) mass is 250 g/mol. The van der Waals surface area contributed by atoms with Crippen LogP contribution in [0.4, 0.5) is 5.69 Å². The molecule has 0 spiro atoms. The van der Waals surface area contributed by atoms with Gasteiger partial charge in [-0.25, -0.2) is 0 Å². The summed E-state index contributed by atoms with van der Waals surface area (Å²) in [5.74, 6) is 0.743.